The van der Waals surface area contributed by atoms with Gasteiger partial charge in [0.05, 0.1) is 13.2 Å². The normalized spacial score (nSPS) is 12.3. The van der Waals surface area contributed by atoms with Crippen LogP contribution < -0.4 is 11.1 Å². The van der Waals surface area contributed by atoms with Crippen LogP contribution in [0.5, 0.6) is 0 Å². The van der Waals surface area contributed by atoms with E-state index in [0.717, 1.165) is 0 Å². The Morgan fingerprint density at radius 2 is 2.06 bits per heavy atom. The van der Waals surface area contributed by atoms with Gasteiger partial charge in [0.1, 0.15) is 6.61 Å². The molecule has 0 aromatic carbocycles. The van der Waals surface area contributed by atoms with Crippen molar-refractivity contribution in [3.63, 3.8) is 0 Å². The quantitative estimate of drug-likeness (QED) is 0.339. The van der Waals surface area contributed by atoms with E-state index in [2.05, 4.69) is 14.8 Å². The molecule has 17 heavy (non-hydrogen) atoms. The summed E-state index contributed by atoms with van der Waals surface area (Å²) in [6, 6.07) is -1.41. The van der Waals surface area contributed by atoms with Gasteiger partial charge in [0, 0.05) is 6.54 Å². The maximum absolute atomic E-state index is 11.6. The highest BCUT2D eigenvalue weighted by atomic mass is 19.3. The maximum Gasteiger partial charge on any atom is 0.332 e. The zero-order chi connectivity index (χ0) is 13.3. The summed E-state index contributed by atoms with van der Waals surface area (Å²) in [5.74, 6) is -1.57. The van der Waals surface area contributed by atoms with Crippen molar-refractivity contribution >= 4 is 11.9 Å². The molecular weight excluding hydrogens is 238 g/mol. The monoisotopic (exact) mass is 254 g/mol. The summed E-state index contributed by atoms with van der Waals surface area (Å²) in [4.78, 5) is 22.2. The van der Waals surface area contributed by atoms with Gasteiger partial charge < -0.3 is 20.5 Å². The first-order chi connectivity index (χ1) is 7.99. The first kappa shape index (κ1) is 15.7. The highest BCUT2D eigenvalue weighted by Gasteiger charge is 2.22. The lowest BCUT2D eigenvalue weighted by molar-refractivity contribution is -0.148. The largest absolute Gasteiger partial charge is 0.464 e. The van der Waals surface area contributed by atoms with Gasteiger partial charge >= 0.3 is 5.97 Å². The molecule has 0 heterocycles. The van der Waals surface area contributed by atoms with Crippen molar-refractivity contribution in [1.29, 1.82) is 0 Å². The van der Waals surface area contributed by atoms with Crippen LogP contribution in [-0.2, 0) is 19.1 Å². The van der Waals surface area contributed by atoms with E-state index in [9.17, 15) is 18.4 Å². The molecule has 1 amide bonds. The van der Waals surface area contributed by atoms with Gasteiger partial charge in [-0.1, -0.05) is 0 Å². The van der Waals surface area contributed by atoms with E-state index in [1.807, 2.05) is 0 Å². The minimum Gasteiger partial charge on any atom is -0.464 e. The minimum absolute atomic E-state index is 0.00133. The molecule has 1 atom stereocenters. The number of ether oxygens (including phenoxy) is 2. The van der Waals surface area contributed by atoms with Crippen LogP contribution in [0.25, 0.3) is 0 Å². The Labute approximate surface area is 97.4 Å². The second-order valence-corrected chi connectivity index (χ2v) is 2.99. The molecule has 0 saturated heterocycles. The van der Waals surface area contributed by atoms with E-state index in [1.54, 1.807) is 6.92 Å². The Hall–Kier alpha value is -1.28. The highest BCUT2D eigenvalue weighted by molar-refractivity contribution is 6.01. The molecule has 0 bridgehead atoms. The van der Waals surface area contributed by atoms with Crippen molar-refractivity contribution in [2.45, 2.75) is 19.4 Å². The first-order valence-corrected chi connectivity index (χ1v) is 5.04. The van der Waals surface area contributed by atoms with E-state index in [-0.39, 0.29) is 19.8 Å². The smallest absolute Gasteiger partial charge is 0.332 e. The Balaban J connectivity index is 3.67. The summed E-state index contributed by atoms with van der Waals surface area (Å²) in [6.07, 6.45) is -2.55. The molecule has 0 fully saturated rings. The van der Waals surface area contributed by atoms with E-state index in [0.29, 0.717) is 0 Å². The molecule has 0 radical (unpaired) electrons. The van der Waals surface area contributed by atoms with Gasteiger partial charge in [-0.3, -0.25) is 4.79 Å². The van der Waals surface area contributed by atoms with E-state index < -0.39 is 31.0 Å². The molecule has 6 nitrogen and oxygen atoms in total. The second kappa shape index (κ2) is 8.82. The molecule has 0 aliphatic rings. The van der Waals surface area contributed by atoms with Gasteiger partial charge in [-0.05, 0) is 6.92 Å². The molecule has 0 spiro atoms. The summed E-state index contributed by atoms with van der Waals surface area (Å²) in [6.45, 7) is 0.933. The molecule has 1 unspecified atom stereocenters. The van der Waals surface area contributed by atoms with E-state index >= 15 is 0 Å². The number of hydrogen-bond acceptors (Lipinski definition) is 5. The number of alkyl halides is 2. The Morgan fingerprint density at radius 1 is 1.41 bits per heavy atom. The fraction of sp³-hybridized carbons (Fsp3) is 0.778. The van der Waals surface area contributed by atoms with E-state index in [4.69, 9.17) is 5.73 Å². The SMILES string of the molecule is CCOC(=O)C(N)C(=O)NCCOCC(F)F. The zero-order valence-corrected chi connectivity index (χ0v) is 9.45. The standard InChI is InChI=1S/C9H16F2N2O4/c1-2-17-9(15)7(12)8(14)13-3-4-16-5-6(10)11/h6-7H,2-5,12H2,1H3,(H,13,14). The number of nitrogens with one attached hydrogen (secondary N) is 1. The fourth-order valence-electron chi connectivity index (χ4n) is 0.868. The second-order valence-electron chi connectivity index (χ2n) is 2.99. The number of carbonyl (C=O) groups excluding carboxylic acids is 2. The zero-order valence-electron chi connectivity index (χ0n) is 9.45. The van der Waals surface area contributed by atoms with Crippen molar-refractivity contribution in [2.24, 2.45) is 5.73 Å². The molecule has 0 aliphatic carbocycles. The maximum atomic E-state index is 11.6. The summed E-state index contributed by atoms with van der Waals surface area (Å²) in [5.41, 5.74) is 5.26. The Kier molecular flexibility index (Phi) is 8.16. The van der Waals surface area contributed by atoms with Crippen LogP contribution in [0.1, 0.15) is 6.92 Å². The number of halogens is 2. The molecule has 3 N–H and O–H groups in total. The number of hydrogen-bond donors (Lipinski definition) is 2. The predicted molar refractivity (Wildman–Crippen MR) is 54.4 cm³/mol. The molecule has 0 saturated carbocycles. The minimum atomic E-state index is -2.55. The van der Waals surface area contributed by atoms with Crippen LogP contribution in [-0.4, -0.2) is 50.7 Å². The summed E-state index contributed by atoms with van der Waals surface area (Å²) in [5, 5.41) is 2.26. The summed E-state index contributed by atoms with van der Waals surface area (Å²) in [7, 11) is 0. The third-order valence-electron chi connectivity index (χ3n) is 1.61. The number of carbonyl (C=O) groups is 2. The lowest BCUT2D eigenvalue weighted by Crippen LogP contribution is -2.47. The van der Waals surface area contributed by atoms with Crippen LogP contribution in [0.2, 0.25) is 0 Å². The third-order valence-corrected chi connectivity index (χ3v) is 1.61. The molecule has 100 valence electrons. The summed E-state index contributed by atoms with van der Waals surface area (Å²) < 4.78 is 32.3. The molecule has 0 aliphatic heterocycles. The average molecular weight is 254 g/mol. The van der Waals surface area contributed by atoms with Crippen molar-refractivity contribution in [1.82, 2.24) is 5.32 Å². The Morgan fingerprint density at radius 3 is 2.59 bits per heavy atom. The van der Waals surface area contributed by atoms with Gasteiger partial charge in [-0.2, -0.15) is 0 Å². The molecule has 0 rings (SSSR count). The number of amides is 1. The van der Waals surface area contributed by atoms with Crippen LogP contribution in [0.3, 0.4) is 0 Å². The van der Waals surface area contributed by atoms with Crippen molar-refractivity contribution in [3.05, 3.63) is 0 Å². The fourth-order valence-corrected chi connectivity index (χ4v) is 0.868. The summed E-state index contributed by atoms with van der Waals surface area (Å²) >= 11 is 0. The van der Waals surface area contributed by atoms with Crippen LogP contribution >= 0.6 is 0 Å². The molecular formula is C9H16F2N2O4. The van der Waals surface area contributed by atoms with Crippen molar-refractivity contribution in [2.75, 3.05) is 26.4 Å². The van der Waals surface area contributed by atoms with Crippen molar-refractivity contribution in [3.8, 4) is 0 Å². The predicted octanol–water partition coefficient (Wildman–Crippen LogP) is -0.725. The number of rotatable bonds is 8. The topological polar surface area (TPSA) is 90.7 Å². The van der Waals surface area contributed by atoms with Gasteiger partial charge in [-0.15, -0.1) is 0 Å². The van der Waals surface area contributed by atoms with Crippen LogP contribution in [0.15, 0.2) is 0 Å². The van der Waals surface area contributed by atoms with Gasteiger partial charge in [0.2, 0.25) is 5.91 Å². The first-order valence-electron chi connectivity index (χ1n) is 5.04. The van der Waals surface area contributed by atoms with Crippen LogP contribution in [0, 0.1) is 0 Å². The molecule has 0 aromatic heterocycles. The Bertz CT molecular complexity index is 251. The number of esters is 1. The van der Waals surface area contributed by atoms with Gasteiger partial charge in [0.25, 0.3) is 6.43 Å². The molecule has 8 heteroatoms. The van der Waals surface area contributed by atoms with Gasteiger partial charge in [0.15, 0.2) is 6.04 Å². The third kappa shape index (κ3) is 7.58. The number of nitrogens with two attached hydrogens (primary N) is 1. The van der Waals surface area contributed by atoms with E-state index in [1.165, 1.54) is 0 Å². The van der Waals surface area contributed by atoms with Crippen LogP contribution in [0.4, 0.5) is 8.78 Å². The highest BCUT2D eigenvalue weighted by Crippen LogP contribution is 1.91. The van der Waals surface area contributed by atoms with Crippen molar-refractivity contribution < 1.29 is 27.8 Å². The average Bonchev–Trinajstić information content (AvgIpc) is 2.27. The lowest BCUT2D eigenvalue weighted by atomic mass is 10.3. The van der Waals surface area contributed by atoms with Gasteiger partial charge in [-0.25, -0.2) is 13.6 Å². The molecule has 0 aromatic rings. The lowest BCUT2D eigenvalue weighted by Gasteiger charge is -2.11.